The summed E-state index contributed by atoms with van der Waals surface area (Å²) < 4.78 is 4.19. The van der Waals surface area contributed by atoms with Crippen molar-refractivity contribution in [3.63, 3.8) is 0 Å². The summed E-state index contributed by atoms with van der Waals surface area (Å²) in [4.78, 5) is 0. The molecule has 0 fully saturated rings. The predicted molar refractivity (Wildman–Crippen MR) is 107 cm³/mol. The van der Waals surface area contributed by atoms with E-state index < -0.39 is 18.9 Å². The molecule has 4 rings (SSSR count). The van der Waals surface area contributed by atoms with Gasteiger partial charge in [-0.25, -0.2) is 0 Å². The summed E-state index contributed by atoms with van der Waals surface area (Å²) in [5.74, 6) is 0. The number of hydrogen-bond acceptors (Lipinski definition) is 0. The summed E-state index contributed by atoms with van der Waals surface area (Å²) in [6, 6.07) is 18.1. The Morgan fingerprint density at radius 1 is 0.750 bits per heavy atom. The SMILES string of the molecule is C[Si](C)=[Zr]([CH3])([CH]1C=Cc2ccccc21)[CH]1C=Cc2ccccc21.Cl. The number of halogens is 1. The van der Waals surface area contributed by atoms with Gasteiger partial charge in [-0.15, -0.1) is 12.4 Å². The van der Waals surface area contributed by atoms with Crippen LogP contribution in [0.5, 0.6) is 0 Å². The second-order valence-electron chi connectivity index (χ2n) is 7.21. The van der Waals surface area contributed by atoms with Crippen LogP contribution in [-0.2, 0) is 18.9 Å². The maximum Gasteiger partial charge on any atom is -0.147 e. The Morgan fingerprint density at radius 2 is 1.17 bits per heavy atom. The van der Waals surface area contributed by atoms with Gasteiger partial charge >= 0.3 is 144 Å². The average molecular weight is 431 g/mol. The van der Waals surface area contributed by atoms with Gasteiger partial charge in [0.05, 0.1) is 0 Å². The van der Waals surface area contributed by atoms with Crippen LogP contribution in [0, 0.1) is 0 Å². The molecule has 24 heavy (non-hydrogen) atoms. The summed E-state index contributed by atoms with van der Waals surface area (Å²) in [6.07, 6.45) is 9.86. The third kappa shape index (κ3) is 2.68. The van der Waals surface area contributed by atoms with Crippen LogP contribution in [0.15, 0.2) is 60.7 Å². The minimum absolute atomic E-state index is 0. The molecule has 2 atom stereocenters. The zero-order valence-electron chi connectivity index (χ0n) is 14.5. The second-order valence-corrected chi connectivity index (χ2v) is 32.3. The van der Waals surface area contributed by atoms with E-state index in [9.17, 15) is 0 Å². The molecule has 0 spiro atoms. The van der Waals surface area contributed by atoms with Crippen LogP contribution in [0.1, 0.15) is 29.5 Å². The van der Waals surface area contributed by atoms with Gasteiger partial charge in [-0.2, -0.15) is 0 Å². The first-order valence-corrected chi connectivity index (χ1v) is 20.0. The molecule has 2 unspecified atom stereocenters. The predicted octanol–water partition coefficient (Wildman–Crippen LogP) is 6.40. The average Bonchev–Trinajstić information content (AvgIpc) is 3.18. The van der Waals surface area contributed by atoms with Gasteiger partial charge in [-0.05, 0) is 0 Å². The fraction of sp³-hybridized carbons (Fsp3) is 0.238. The largest absolute Gasteiger partial charge is 0.147 e. The van der Waals surface area contributed by atoms with E-state index in [1.807, 2.05) is 0 Å². The van der Waals surface area contributed by atoms with Gasteiger partial charge in [0, 0.05) is 0 Å². The zero-order valence-corrected chi connectivity index (χ0v) is 18.8. The van der Waals surface area contributed by atoms with E-state index >= 15 is 0 Å². The summed E-state index contributed by atoms with van der Waals surface area (Å²) in [5, 5.41) is 0. The molecular weight excluding hydrogens is 407 g/mol. The molecule has 0 amide bonds. The molecule has 0 aliphatic heterocycles. The van der Waals surface area contributed by atoms with Crippen LogP contribution >= 0.6 is 12.4 Å². The van der Waals surface area contributed by atoms with Crippen molar-refractivity contribution < 1.29 is 18.9 Å². The van der Waals surface area contributed by atoms with Gasteiger partial charge in [0.2, 0.25) is 0 Å². The topological polar surface area (TPSA) is 0 Å². The van der Waals surface area contributed by atoms with Gasteiger partial charge < -0.3 is 0 Å². The van der Waals surface area contributed by atoms with E-state index in [2.05, 4.69) is 90.6 Å². The molecule has 0 radical (unpaired) electrons. The first-order valence-electron chi connectivity index (χ1n) is 8.47. The second kappa shape index (κ2) is 6.90. The van der Waals surface area contributed by atoms with Crippen molar-refractivity contribution in [1.29, 1.82) is 0 Å². The fourth-order valence-corrected chi connectivity index (χ4v) is 25.6. The third-order valence-electron chi connectivity index (χ3n) is 5.97. The first kappa shape index (κ1) is 18.1. The Balaban J connectivity index is 0.00000169. The number of allylic oxidation sites excluding steroid dienone is 2. The van der Waals surface area contributed by atoms with Crippen LogP contribution in [0.2, 0.25) is 17.7 Å². The van der Waals surface area contributed by atoms with E-state index in [4.69, 9.17) is 0 Å². The molecule has 0 heterocycles. The van der Waals surface area contributed by atoms with Crippen molar-refractivity contribution in [2.75, 3.05) is 0 Å². The number of rotatable bonds is 2. The Labute approximate surface area is 156 Å². The maximum atomic E-state index is 2.73. The number of benzene rings is 2. The molecule has 0 aromatic heterocycles. The van der Waals surface area contributed by atoms with E-state index in [-0.39, 0.29) is 17.8 Å². The molecule has 2 aromatic rings. The Hall–Kier alpha value is -0.690. The van der Waals surface area contributed by atoms with Gasteiger partial charge in [-0.3, -0.25) is 0 Å². The Bertz CT molecular complexity index is 825. The fourth-order valence-electron chi connectivity index (χ4n) is 4.36. The Kier molecular flexibility index (Phi) is 5.21. The molecule has 0 N–H and O–H groups in total. The molecule has 0 saturated carbocycles. The van der Waals surface area contributed by atoms with E-state index in [0.717, 1.165) is 7.25 Å². The number of hydrogen-bond donors (Lipinski definition) is 0. The standard InChI is InChI=1S/2C9H7.C2H6Si.CH3.ClH.Zr/c2*1-2-5-9-7-3-6-8(9)4-1;1-3-2;;;/h2*1-7H;1-2H3;1H3;1H;. The third-order valence-corrected chi connectivity index (χ3v) is 36.5. The summed E-state index contributed by atoms with van der Waals surface area (Å²) in [5.41, 5.74) is 5.81. The van der Waals surface area contributed by atoms with Crippen molar-refractivity contribution >= 4 is 30.0 Å². The summed E-state index contributed by atoms with van der Waals surface area (Å²) in [6.45, 7) is 5.15. The van der Waals surface area contributed by atoms with Crippen LogP contribution < -0.4 is 0 Å². The zero-order chi connectivity index (χ0) is 16.0. The Morgan fingerprint density at radius 3 is 1.58 bits per heavy atom. The van der Waals surface area contributed by atoms with Gasteiger partial charge in [-0.1, -0.05) is 0 Å². The van der Waals surface area contributed by atoms with Gasteiger partial charge in [0.15, 0.2) is 0 Å². The summed E-state index contributed by atoms with van der Waals surface area (Å²) in [7, 11) is 0. The molecule has 0 nitrogen and oxygen atoms in total. The van der Waals surface area contributed by atoms with Gasteiger partial charge in [0.25, 0.3) is 0 Å². The quantitative estimate of drug-likeness (QED) is 0.483. The van der Waals surface area contributed by atoms with Crippen molar-refractivity contribution in [1.82, 2.24) is 0 Å². The van der Waals surface area contributed by atoms with Crippen LogP contribution in [0.25, 0.3) is 12.2 Å². The van der Waals surface area contributed by atoms with E-state index in [1.165, 1.54) is 11.1 Å². The van der Waals surface area contributed by atoms with Crippen molar-refractivity contribution in [3.05, 3.63) is 82.9 Å². The van der Waals surface area contributed by atoms with E-state index in [0.29, 0.717) is 0 Å². The maximum absolute atomic E-state index is 2.73. The smallest absolute Gasteiger partial charge is 0.147 e. The molecule has 2 aromatic carbocycles. The molecular formula is C21H24ClSiZr. The van der Waals surface area contributed by atoms with Crippen LogP contribution in [0.4, 0.5) is 0 Å². The summed E-state index contributed by atoms with van der Waals surface area (Å²) >= 11 is -2.46. The molecule has 0 bridgehead atoms. The molecule has 2 aliphatic rings. The minimum Gasteiger partial charge on any atom is -0.147 e. The van der Waals surface area contributed by atoms with Crippen molar-refractivity contribution in [2.24, 2.45) is 0 Å². The van der Waals surface area contributed by atoms with Crippen LogP contribution in [-0.4, -0.2) is 5.43 Å². The molecule has 123 valence electrons. The number of fused-ring (bicyclic) bond motifs is 2. The normalized spacial score (nSPS) is 22.5. The van der Waals surface area contributed by atoms with Crippen LogP contribution in [0.3, 0.4) is 0 Å². The molecule has 2 aliphatic carbocycles. The molecule has 0 saturated heterocycles. The van der Waals surface area contributed by atoms with Crippen molar-refractivity contribution in [3.8, 4) is 0 Å². The van der Waals surface area contributed by atoms with Crippen molar-refractivity contribution in [2.45, 2.75) is 25.0 Å². The minimum atomic E-state index is -2.46. The molecule has 3 heteroatoms. The van der Waals surface area contributed by atoms with Gasteiger partial charge in [0.1, 0.15) is 0 Å². The monoisotopic (exact) mass is 429 g/mol. The van der Waals surface area contributed by atoms with E-state index in [1.54, 1.807) is 11.1 Å². The first-order chi connectivity index (χ1) is 11.1.